The SMILES string of the molecule is CCCNC(=O)[C@@H](C)NCc1c(C)nn(Cc2ccc(C)cc2)c1C. The van der Waals surface area contributed by atoms with Crippen molar-refractivity contribution >= 4 is 5.91 Å². The molecule has 136 valence electrons. The average Bonchev–Trinajstić information content (AvgIpc) is 2.86. The number of hydrogen-bond acceptors (Lipinski definition) is 3. The zero-order valence-electron chi connectivity index (χ0n) is 16.0. The van der Waals surface area contributed by atoms with Gasteiger partial charge in [-0.25, -0.2) is 0 Å². The minimum Gasteiger partial charge on any atom is -0.355 e. The van der Waals surface area contributed by atoms with Gasteiger partial charge in [-0.15, -0.1) is 0 Å². The van der Waals surface area contributed by atoms with Gasteiger partial charge in [0.1, 0.15) is 0 Å². The Balaban J connectivity index is 2.01. The lowest BCUT2D eigenvalue weighted by Gasteiger charge is -2.14. The minimum atomic E-state index is -0.217. The summed E-state index contributed by atoms with van der Waals surface area (Å²) in [7, 11) is 0. The van der Waals surface area contributed by atoms with Gasteiger partial charge in [0.2, 0.25) is 5.91 Å². The van der Waals surface area contributed by atoms with E-state index in [-0.39, 0.29) is 11.9 Å². The molecule has 0 radical (unpaired) electrons. The lowest BCUT2D eigenvalue weighted by atomic mass is 10.1. The lowest BCUT2D eigenvalue weighted by molar-refractivity contribution is -0.122. The van der Waals surface area contributed by atoms with Crippen molar-refractivity contribution in [1.82, 2.24) is 20.4 Å². The first-order valence-electron chi connectivity index (χ1n) is 9.01. The zero-order valence-corrected chi connectivity index (χ0v) is 16.0. The molecule has 2 N–H and O–H groups in total. The van der Waals surface area contributed by atoms with E-state index in [1.54, 1.807) is 0 Å². The number of nitrogens with one attached hydrogen (secondary N) is 2. The van der Waals surface area contributed by atoms with Crippen LogP contribution in [0.15, 0.2) is 24.3 Å². The van der Waals surface area contributed by atoms with Gasteiger partial charge in [-0.3, -0.25) is 9.48 Å². The summed E-state index contributed by atoms with van der Waals surface area (Å²) in [4.78, 5) is 12.0. The van der Waals surface area contributed by atoms with Crippen molar-refractivity contribution < 1.29 is 4.79 Å². The number of hydrogen-bond donors (Lipinski definition) is 2. The molecule has 1 atom stereocenters. The van der Waals surface area contributed by atoms with Gasteiger partial charge in [-0.05, 0) is 39.7 Å². The summed E-state index contributed by atoms with van der Waals surface area (Å²) in [6.45, 7) is 12.3. The molecule has 0 saturated carbocycles. The fraction of sp³-hybridized carbons (Fsp3) is 0.500. The van der Waals surface area contributed by atoms with E-state index in [0.717, 1.165) is 30.9 Å². The number of nitrogens with zero attached hydrogens (tertiary/aromatic N) is 2. The number of amides is 1. The molecule has 2 rings (SSSR count). The number of carbonyl (C=O) groups is 1. The fourth-order valence-electron chi connectivity index (χ4n) is 2.76. The molecule has 25 heavy (non-hydrogen) atoms. The highest BCUT2D eigenvalue weighted by molar-refractivity contribution is 5.81. The molecule has 1 aromatic carbocycles. The highest BCUT2D eigenvalue weighted by atomic mass is 16.2. The minimum absolute atomic E-state index is 0.0456. The average molecular weight is 342 g/mol. The number of benzene rings is 1. The molecule has 5 heteroatoms. The second kappa shape index (κ2) is 8.81. The van der Waals surface area contributed by atoms with Crippen molar-refractivity contribution in [2.45, 2.75) is 60.2 Å². The van der Waals surface area contributed by atoms with Crippen LogP contribution < -0.4 is 10.6 Å². The van der Waals surface area contributed by atoms with Gasteiger partial charge in [0, 0.05) is 24.3 Å². The van der Waals surface area contributed by atoms with Gasteiger partial charge in [-0.2, -0.15) is 5.10 Å². The van der Waals surface area contributed by atoms with E-state index >= 15 is 0 Å². The summed E-state index contributed by atoms with van der Waals surface area (Å²) in [5.41, 5.74) is 5.83. The third-order valence-corrected chi connectivity index (χ3v) is 4.51. The van der Waals surface area contributed by atoms with Crippen LogP contribution in [-0.2, 0) is 17.9 Å². The van der Waals surface area contributed by atoms with E-state index < -0.39 is 0 Å². The lowest BCUT2D eigenvalue weighted by Crippen LogP contribution is -2.42. The van der Waals surface area contributed by atoms with Crippen LogP contribution in [0.1, 0.15) is 48.3 Å². The molecule has 2 aromatic rings. The fourth-order valence-corrected chi connectivity index (χ4v) is 2.76. The highest BCUT2D eigenvalue weighted by Gasteiger charge is 2.15. The summed E-state index contributed by atoms with van der Waals surface area (Å²) >= 11 is 0. The van der Waals surface area contributed by atoms with Gasteiger partial charge in [-0.1, -0.05) is 36.8 Å². The molecule has 0 fully saturated rings. The van der Waals surface area contributed by atoms with E-state index in [0.29, 0.717) is 6.54 Å². The maximum atomic E-state index is 12.0. The Kier molecular flexibility index (Phi) is 6.76. The largest absolute Gasteiger partial charge is 0.355 e. The molecule has 0 saturated heterocycles. The van der Waals surface area contributed by atoms with Crippen LogP contribution in [0.5, 0.6) is 0 Å². The molecular formula is C20H30N4O. The third kappa shape index (κ3) is 5.16. The Morgan fingerprint density at radius 3 is 2.52 bits per heavy atom. The first kappa shape index (κ1) is 19.2. The first-order chi connectivity index (χ1) is 11.9. The van der Waals surface area contributed by atoms with Crippen LogP contribution in [0.3, 0.4) is 0 Å². The molecule has 1 heterocycles. The maximum Gasteiger partial charge on any atom is 0.236 e. The van der Waals surface area contributed by atoms with Crippen molar-refractivity contribution in [1.29, 1.82) is 0 Å². The van der Waals surface area contributed by atoms with Gasteiger partial charge < -0.3 is 10.6 Å². The van der Waals surface area contributed by atoms with Crippen LogP contribution in [0.25, 0.3) is 0 Å². The second-order valence-corrected chi connectivity index (χ2v) is 6.69. The summed E-state index contributed by atoms with van der Waals surface area (Å²) in [5, 5.41) is 10.9. The van der Waals surface area contributed by atoms with E-state index in [2.05, 4.69) is 53.8 Å². The highest BCUT2D eigenvalue weighted by Crippen LogP contribution is 2.15. The molecular weight excluding hydrogens is 312 g/mol. The Labute approximate surface area is 150 Å². The molecule has 1 aromatic heterocycles. The Hall–Kier alpha value is -2.14. The number of carbonyl (C=O) groups excluding carboxylic acids is 1. The van der Waals surface area contributed by atoms with E-state index in [4.69, 9.17) is 0 Å². The normalized spacial score (nSPS) is 12.2. The van der Waals surface area contributed by atoms with Crippen LogP contribution in [0, 0.1) is 20.8 Å². The predicted molar refractivity (Wildman–Crippen MR) is 102 cm³/mol. The predicted octanol–water partition coefficient (Wildman–Crippen LogP) is 2.86. The number of aryl methyl sites for hydroxylation is 2. The van der Waals surface area contributed by atoms with Crippen molar-refractivity contribution in [3.63, 3.8) is 0 Å². The monoisotopic (exact) mass is 342 g/mol. The van der Waals surface area contributed by atoms with E-state index in [1.807, 2.05) is 25.5 Å². The topological polar surface area (TPSA) is 59.0 Å². The Morgan fingerprint density at radius 1 is 1.20 bits per heavy atom. The smallest absolute Gasteiger partial charge is 0.236 e. The standard InChI is InChI=1S/C20H30N4O/c1-6-11-21-20(25)16(4)22-12-19-15(3)23-24(17(19)5)13-18-9-7-14(2)8-10-18/h7-10,16,22H,6,11-13H2,1-5H3,(H,21,25)/t16-/m1/s1. The van der Waals surface area contributed by atoms with Gasteiger partial charge >= 0.3 is 0 Å². The first-order valence-corrected chi connectivity index (χ1v) is 9.01. The number of aromatic nitrogens is 2. The Morgan fingerprint density at radius 2 is 1.88 bits per heavy atom. The van der Waals surface area contributed by atoms with E-state index in [9.17, 15) is 4.79 Å². The van der Waals surface area contributed by atoms with Gasteiger partial charge in [0.05, 0.1) is 18.3 Å². The molecule has 0 bridgehead atoms. The zero-order chi connectivity index (χ0) is 18.4. The molecule has 0 aliphatic carbocycles. The Bertz CT molecular complexity index is 703. The maximum absolute atomic E-state index is 12.0. The van der Waals surface area contributed by atoms with Gasteiger partial charge in [0.15, 0.2) is 0 Å². The molecule has 5 nitrogen and oxygen atoms in total. The molecule has 1 amide bonds. The second-order valence-electron chi connectivity index (χ2n) is 6.69. The van der Waals surface area contributed by atoms with Crippen LogP contribution >= 0.6 is 0 Å². The van der Waals surface area contributed by atoms with Crippen molar-refractivity contribution in [2.24, 2.45) is 0 Å². The molecule has 0 unspecified atom stereocenters. The van der Waals surface area contributed by atoms with Crippen LogP contribution in [0.4, 0.5) is 0 Å². The van der Waals surface area contributed by atoms with Crippen LogP contribution in [0.2, 0.25) is 0 Å². The molecule has 0 aliphatic rings. The van der Waals surface area contributed by atoms with Crippen molar-refractivity contribution in [2.75, 3.05) is 6.54 Å². The summed E-state index contributed by atoms with van der Waals surface area (Å²) in [5.74, 6) is 0.0456. The molecule has 0 spiro atoms. The third-order valence-electron chi connectivity index (χ3n) is 4.51. The molecule has 0 aliphatic heterocycles. The summed E-state index contributed by atoms with van der Waals surface area (Å²) in [6.07, 6.45) is 0.947. The van der Waals surface area contributed by atoms with Crippen molar-refractivity contribution in [3.8, 4) is 0 Å². The van der Waals surface area contributed by atoms with E-state index in [1.165, 1.54) is 16.7 Å². The van der Waals surface area contributed by atoms with Gasteiger partial charge in [0.25, 0.3) is 0 Å². The van der Waals surface area contributed by atoms with Crippen LogP contribution in [-0.4, -0.2) is 28.3 Å². The van der Waals surface area contributed by atoms with Crippen molar-refractivity contribution in [3.05, 3.63) is 52.3 Å². The quantitative estimate of drug-likeness (QED) is 0.775. The summed E-state index contributed by atoms with van der Waals surface area (Å²) < 4.78 is 2.04. The summed E-state index contributed by atoms with van der Waals surface area (Å²) in [6, 6.07) is 8.32. The number of rotatable bonds is 8.